The van der Waals surface area contributed by atoms with Gasteiger partial charge in [0.25, 0.3) is 0 Å². The van der Waals surface area contributed by atoms with Gasteiger partial charge in [0.1, 0.15) is 5.75 Å². The summed E-state index contributed by atoms with van der Waals surface area (Å²) in [6, 6.07) is 9.10. The summed E-state index contributed by atoms with van der Waals surface area (Å²) >= 11 is 0. The van der Waals surface area contributed by atoms with Gasteiger partial charge >= 0.3 is 6.18 Å². The third-order valence-electron chi connectivity index (χ3n) is 3.21. The van der Waals surface area contributed by atoms with Crippen LogP contribution in [0.2, 0.25) is 0 Å². The number of H-pyrrole nitrogens is 1. The minimum absolute atomic E-state index is 0.0639. The number of hydrogen-bond donors (Lipinski definition) is 3. The molecule has 1 aromatic heterocycles. The molecule has 0 aliphatic carbocycles. The van der Waals surface area contributed by atoms with Crippen LogP contribution in [-0.2, 0) is 6.18 Å². The molecule has 1 heterocycles. The molecule has 5 nitrogen and oxygen atoms in total. The summed E-state index contributed by atoms with van der Waals surface area (Å²) in [6.45, 7) is 0. The molecule has 0 bridgehead atoms. The van der Waals surface area contributed by atoms with Gasteiger partial charge in [-0.15, -0.1) is 0 Å². The third kappa shape index (κ3) is 2.96. The fourth-order valence-electron chi connectivity index (χ4n) is 2.09. The number of nitrogens with two attached hydrogens (primary N) is 1. The number of nitrogens with one attached hydrogen (secondary N) is 1. The summed E-state index contributed by atoms with van der Waals surface area (Å²) in [6.07, 6.45) is -4.44. The molecule has 118 valence electrons. The van der Waals surface area contributed by atoms with Crippen LogP contribution in [-0.4, -0.2) is 20.3 Å². The molecule has 3 rings (SSSR count). The Morgan fingerprint density at radius 1 is 1.09 bits per heavy atom. The van der Waals surface area contributed by atoms with E-state index in [-0.39, 0.29) is 23.0 Å². The van der Waals surface area contributed by atoms with Crippen LogP contribution in [0.15, 0.2) is 42.5 Å². The molecule has 0 aliphatic heterocycles. The summed E-state index contributed by atoms with van der Waals surface area (Å²) in [7, 11) is 0. The van der Waals surface area contributed by atoms with Crippen LogP contribution in [0.5, 0.6) is 5.75 Å². The van der Waals surface area contributed by atoms with E-state index in [0.29, 0.717) is 11.3 Å². The van der Waals surface area contributed by atoms with Gasteiger partial charge in [-0.2, -0.15) is 18.3 Å². The molecule has 4 N–H and O–H groups in total. The Bertz CT molecular complexity index is 858. The van der Waals surface area contributed by atoms with Crippen LogP contribution in [0.1, 0.15) is 5.56 Å². The van der Waals surface area contributed by atoms with E-state index in [0.717, 1.165) is 12.1 Å². The summed E-state index contributed by atoms with van der Waals surface area (Å²) in [5, 5.41) is 16.3. The highest BCUT2D eigenvalue weighted by Crippen LogP contribution is 2.33. The van der Waals surface area contributed by atoms with Crippen molar-refractivity contribution in [2.24, 2.45) is 0 Å². The van der Waals surface area contributed by atoms with Crippen molar-refractivity contribution in [1.29, 1.82) is 0 Å². The van der Waals surface area contributed by atoms with Crippen LogP contribution >= 0.6 is 0 Å². The van der Waals surface area contributed by atoms with Gasteiger partial charge in [0.15, 0.2) is 11.6 Å². The van der Waals surface area contributed by atoms with Crippen molar-refractivity contribution >= 4 is 5.69 Å². The standard InChI is InChI=1S/C15H11F3N4O/c16-15(17,18)9-3-1-2-8(6-9)13-20-14(22-21-13)11-7-10(19)4-5-12(11)23/h1-7,23H,19H2,(H,20,21,22). The molecular formula is C15H11F3N4O. The maximum atomic E-state index is 12.8. The molecule has 0 fully saturated rings. The van der Waals surface area contributed by atoms with Crippen molar-refractivity contribution in [2.45, 2.75) is 6.18 Å². The van der Waals surface area contributed by atoms with E-state index in [4.69, 9.17) is 5.73 Å². The molecular weight excluding hydrogens is 309 g/mol. The zero-order valence-electron chi connectivity index (χ0n) is 11.6. The van der Waals surface area contributed by atoms with Gasteiger partial charge in [0.2, 0.25) is 0 Å². The van der Waals surface area contributed by atoms with E-state index in [9.17, 15) is 18.3 Å². The third-order valence-corrected chi connectivity index (χ3v) is 3.21. The first kappa shape index (κ1) is 14.9. The molecule has 8 heteroatoms. The smallest absolute Gasteiger partial charge is 0.416 e. The molecule has 0 atom stereocenters. The van der Waals surface area contributed by atoms with Crippen molar-refractivity contribution in [3.8, 4) is 28.5 Å². The van der Waals surface area contributed by atoms with Crippen molar-refractivity contribution in [2.75, 3.05) is 5.73 Å². The fourth-order valence-corrected chi connectivity index (χ4v) is 2.09. The number of aromatic amines is 1. The molecule has 3 aromatic rings. The van der Waals surface area contributed by atoms with Crippen molar-refractivity contribution in [3.63, 3.8) is 0 Å². The van der Waals surface area contributed by atoms with Crippen LogP contribution in [0, 0.1) is 0 Å². The Morgan fingerprint density at radius 3 is 2.61 bits per heavy atom. The van der Waals surface area contributed by atoms with Crippen LogP contribution < -0.4 is 5.73 Å². The maximum Gasteiger partial charge on any atom is 0.416 e. The second-order valence-corrected chi connectivity index (χ2v) is 4.86. The molecule has 23 heavy (non-hydrogen) atoms. The highest BCUT2D eigenvalue weighted by Gasteiger charge is 2.30. The normalized spacial score (nSPS) is 11.6. The lowest BCUT2D eigenvalue weighted by molar-refractivity contribution is -0.137. The topological polar surface area (TPSA) is 87.8 Å². The zero-order valence-corrected chi connectivity index (χ0v) is 11.6. The molecule has 2 aromatic carbocycles. The molecule has 0 radical (unpaired) electrons. The van der Waals surface area contributed by atoms with Gasteiger partial charge < -0.3 is 10.8 Å². The van der Waals surface area contributed by atoms with Gasteiger partial charge in [0.05, 0.1) is 11.1 Å². The first-order chi connectivity index (χ1) is 10.8. The Labute approximate surface area is 128 Å². The number of phenolic OH excluding ortho intramolecular Hbond substituents is 1. The van der Waals surface area contributed by atoms with Crippen molar-refractivity contribution < 1.29 is 18.3 Å². The molecule has 0 spiro atoms. The Kier molecular flexibility index (Phi) is 3.44. The Hall–Kier alpha value is -3.03. The minimum Gasteiger partial charge on any atom is -0.507 e. The number of nitrogens with zero attached hydrogens (tertiary/aromatic N) is 2. The molecule has 0 amide bonds. The van der Waals surface area contributed by atoms with Crippen LogP contribution in [0.3, 0.4) is 0 Å². The van der Waals surface area contributed by atoms with E-state index >= 15 is 0 Å². The average molecular weight is 320 g/mol. The summed E-state index contributed by atoms with van der Waals surface area (Å²) in [5.41, 5.74) is 5.81. The number of phenols is 1. The van der Waals surface area contributed by atoms with Crippen LogP contribution in [0.25, 0.3) is 22.8 Å². The Morgan fingerprint density at radius 2 is 1.87 bits per heavy atom. The van der Waals surface area contributed by atoms with Gasteiger partial charge in [-0.3, -0.25) is 5.10 Å². The number of alkyl halides is 3. The average Bonchev–Trinajstić information content (AvgIpc) is 2.99. The first-order valence-electron chi connectivity index (χ1n) is 6.53. The lowest BCUT2D eigenvalue weighted by Gasteiger charge is -2.06. The number of rotatable bonds is 2. The highest BCUT2D eigenvalue weighted by atomic mass is 19.4. The number of benzene rings is 2. The van der Waals surface area contributed by atoms with Crippen molar-refractivity contribution in [1.82, 2.24) is 15.2 Å². The number of nitrogen functional groups attached to an aromatic ring is 1. The summed E-state index contributed by atoms with van der Waals surface area (Å²) < 4.78 is 38.3. The van der Waals surface area contributed by atoms with Gasteiger partial charge in [-0.05, 0) is 30.3 Å². The Balaban J connectivity index is 2.01. The van der Waals surface area contributed by atoms with Gasteiger partial charge in [-0.1, -0.05) is 12.1 Å². The highest BCUT2D eigenvalue weighted by molar-refractivity contribution is 5.70. The van der Waals surface area contributed by atoms with Gasteiger partial charge in [0, 0.05) is 11.3 Å². The summed E-state index contributed by atoms with van der Waals surface area (Å²) in [4.78, 5) is 4.13. The van der Waals surface area contributed by atoms with E-state index in [1.54, 1.807) is 0 Å². The molecule has 0 saturated carbocycles. The zero-order chi connectivity index (χ0) is 16.6. The van der Waals surface area contributed by atoms with E-state index < -0.39 is 11.7 Å². The largest absolute Gasteiger partial charge is 0.507 e. The predicted octanol–water partition coefficient (Wildman–Crippen LogP) is 3.45. The predicted molar refractivity (Wildman–Crippen MR) is 78.3 cm³/mol. The number of anilines is 1. The van der Waals surface area contributed by atoms with E-state index in [1.807, 2.05) is 0 Å². The first-order valence-corrected chi connectivity index (χ1v) is 6.53. The SMILES string of the molecule is Nc1ccc(O)c(-c2nc(-c3cccc(C(F)(F)F)c3)n[nH]2)c1. The number of aromatic hydroxyl groups is 1. The van der Waals surface area contributed by atoms with Gasteiger partial charge in [-0.25, -0.2) is 4.98 Å². The minimum atomic E-state index is -4.44. The second kappa shape index (κ2) is 5.31. The lowest BCUT2D eigenvalue weighted by atomic mass is 10.1. The monoisotopic (exact) mass is 320 g/mol. The molecule has 0 unspecified atom stereocenters. The van der Waals surface area contributed by atoms with Crippen molar-refractivity contribution in [3.05, 3.63) is 48.0 Å². The van der Waals surface area contributed by atoms with E-state index in [2.05, 4.69) is 15.2 Å². The number of hydrogen-bond acceptors (Lipinski definition) is 4. The lowest BCUT2D eigenvalue weighted by Crippen LogP contribution is -2.04. The fraction of sp³-hybridized carbons (Fsp3) is 0.0667. The molecule has 0 aliphatic rings. The second-order valence-electron chi connectivity index (χ2n) is 4.86. The van der Waals surface area contributed by atoms with E-state index in [1.165, 1.54) is 30.3 Å². The quantitative estimate of drug-likeness (QED) is 0.498. The molecule has 0 saturated heterocycles. The number of halogens is 3. The number of aromatic nitrogens is 3. The van der Waals surface area contributed by atoms with Crippen LogP contribution in [0.4, 0.5) is 18.9 Å². The summed E-state index contributed by atoms with van der Waals surface area (Å²) in [5.74, 6) is 0.237. The maximum absolute atomic E-state index is 12.8.